The number of ether oxygens (including phenoxy) is 2. The van der Waals surface area contributed by atoms with Gasteiger partial charge in [0, 0.05) is 11.4 Å². The molecule has 2 heterocycles. The second-order valence-corrected chi connectivity index (χ2v) is 9.07. The van der Waals surface area contributed by atoms with Crippen LogP contribution < -0.4 is 14.8 Å². The normalized spacial score (nSPS) is 15.2. The van der Waals surface area contributed by atoms with Crippen molar-refractivity contribution in [1.29, 1.82) is 0 Å². The van der Waals surface area contributed by atoms with Gasteiger partial charge in [0.05, 0.1) is 13.0 Å². The van der Waals surface area contributed by atoms with E-state index in [1.54, 1.807) is 43.5 Å². The van der Waals surface area contributed by atoms with Crippen LogP contribution in [0.1, 0.15) is 16.3 Å². The first kappa shape index (κ1) is 22.9. The van der Waals surface area contributed by atoms with Gasteiger partial charge in [0.25, 0.3) is 5.91 Å². The van der Waals surface area contributed by atoms with Crippen molar-refractivity contribution >= 4 is 40.0 Å². The van der Waals surface area contributed by atoms with E-state index < -0.39 is 6.04 Å². The lowest BCUT2D eigenvalue weighted by atomic mass is 10.1. The van der Waals surface area contributed by atoms with Crippen LogP contribution in [0.3, 0.4) is 0 Å². The molecule has 1 atom stereocenters. The molecule has 1 aromatic heterocycles. The fourth-order valence-corrected chi connectivity index (χ4v) is 5.04. The van der Waals surface area contributed by atoms with Crippen molar-refractivity contribution < 1.29 is 23.5 Å². The maximum Gasteiger partial charge on any atom is 0.290 e. The number of nitrogens with one attached hydrogen (secondary N) is 1. The first-order valence-electron chi connectivity index (χ1n) is 11.1. The summed E-state index contributed by atoms with van der Waals surface area (Å²) < 4.78 is 16.8. The quantitative estimate of drug-likeness (QED) is 0.386. The van der Waals surface area contributed by atoms with Crippen LogP contribution in [0.5, 0.6) is 11.5 Å². The molecule has 1 fully saturated rings. The van der Waals surface area contributed by atoms with Gasteiger partial charge in [0.2, 0.25) is 5.91 Å². The maximum absolute atomic E-state index is 13.1. The third-order valence-corrected chi connectivity index (χ3v) is 6.79. The Hall–Kier alpha value is -3.91. The summed E-state index contributed by atoms with van der Waals surface area (Å²) in [4.78, 5) is 27.5. The monoisotopic (exact) mass is 488 g/mol. The Kier molecular flexibility index (Phi) is 6.63. The standard InChI is InChI=1S/C27H24N2O5S/c1-32-21-10-7-20(8-11-21)28-26(30)24-16-35-17-29(24)27(31)25-13-12-23(34-25)15-33-22-9-6-18-4-2-3-5-19(18)14-22/h2-14,24H,15-17H2,1H3,(H,28,30). The van der Waals surface area contributed by atoms with E-state index in [9.17, 15) is 9.59 Å². The molecule has 1 aliphatic rings. The molecule has 0 aliphatic carbocycles. The lowest BCUT2D eigenvalue weighted by Gasteiger charge is -2.22. The molecule has 4 aromatic rings. The molecule has 0 bridgehead atoms. The van der Waals surface area contributed by atoms with Gasteiger partial charge in [0.1, 0.15) is 29.9 Å². The predicted molar refractivity (Wildman–Crippen MR) is 136 cm³/mol. The Morgan fingerprint density at radius 1 is 1.00 bits per heavy atom. The third kappa shape index (κ3) is 5.12. The SMILES string of the molecule is COc1ccc(NC(=O)C2CSCN2C(=O)c2ccc(COc3ccc4ccccc4c3)o2)cc1. The number of amides is 2. The van der Waals surface area contributed by atoms with E-state index in [0.29, 0.717) is 28.8 Å². The highest BCUT2D eigenvalue weighted by atomic mass is 32.2. The summed E-state index contributed by atoms with van der Waals surface area (Å²) in [6, 6.07) is 23.8. The molecule has 0 spiro atoms. The molecule has 1 unspecified atom stereocenters. The van der Waals surface area contributed by atoms with Gasteiger partial charge in [-0.15, -0.1) is 11.8 Å². The molecule has 35 heavy (non-hydrogen) atoms. The molecule has 0 radical (unpaired) electrons. The molecule has 8 heteroatoms. The summed E-state index contributed by atoms with van der Waals surface area (Å²) >= 11 is 1.53. The maximum atomic E-state index is 13.1. The Labute approximate surface area is 207 Å². The number of hydrogen-bond donors (Lipinski definition) is 1. The zero-order chi connectivity index (χ0) is 24.2. The summed E-state index contributed by atoms with van der Waals surface area (Å²) in [5.41, 5.74) is 0.645. The van der Waals surface area contributed by atoms with Crippen LogP contribution in [0.4, 0.5) is 5.69 Å². The summed E-state index contributed by atoms with van der Waals surface area (Å²) in [5.74, 6) is 2.53. The molecule has 1 aliphatic heterocycles. The Bertz CT molecular complexity index is 1350. The van der Waals surface area contributed by atoms with E-state index in [4.69, 9.17) is 13.9 Å². The van der Waals surface area contributed by atoms with E-state index in [1.165, 1.54) is 16.7 Å². The Morgan fingerprint density at radius 2 is 1.77 bits per heavy atom. The van der Waals surface area contributed by atoms with Crippen LogP contribution in [0.2, 0.25) is 0 Å². The smallest absolute Gasteiger partial charge is 0.290 e. The van der Waals surface area contributed by atoms with Crippen molar-refractivity contribution in [3.63, 3.8) is 0 Å². The number of nitrogens with zero attached hydrogens (tertiary/aromatic N) is 1. The molecule has 7 nitrogen and oxygen atoms in total. The summed E-state index contributed by atoms with van der Waals surface area (Å²) in [5, 5.41) is 5.10. The average Bonchev–Trinajstić information content (AvgIpc) is 3.58. The lowest BCUT2D eigenvalue weighted by molar-refractivity contribution is -0.119. The second kappa shape index (κ2) is 10.1. The number of anilines is 1. The number of fused-ring (bicyclic) bond motifs is 1. The molecule has 178 valence electrons. The zero-order valence-electron chi connectivity index (χ0n) is 19.1. The minimum atomic E-state index is -0.586. The van der Waals surface area contributed by atoms with Crippen molar-refractivity contribution in [3.05, 3.63) is 90.4 Å². The van der Waals surface area contributed by atoms with Gasteiger partial charge in [-0.1, -0.05) is 30.3 Å². The fourth-order valence-electron chi connectivity index (χ4n) is 3.88. The van der Waals surface area contributed by atoms with E-state index in [0.717, 1.165) is 16.5 Å². The fraction of sp³-hybridized carbons (Fsp3) is 0.185. The van der Waals surface area contributed by atoms with Gasteiger partial charge in [-0.05, 0) is 59.3 Å². The van der Waals surface area contributed by atoms with E-state index >= 15 is 0 Å². The van der Waals surface area contributed by atoms with Crippen LogP contribution in [0, 0.1) is 0 Å². The highest BCUT2D eigenvalue weighted by molar-refractivity contribution is 7.99. The van der Waals surface area contributed by atoms with Crippen LogP contribution >= 0.6 is 11.8 Å². The van der Waals surface area contributed by atoms with Crippen LogP contribution in [-0.4, -0.2) is 41.5 Å². The number of thioether (sulfide) groups is 1. The molecule has 1 saturated heterocycles. The van der Waals surface area contributed by atoms with Gasteiger partial charge < -0.3 is 24.1 Å². The number of carbonyl (C=O) groups excluding carboxylic acids is 2. The number of benzene rings is 3. The van der Waals surface area contributed by atoms with E-state index in [-0.39, 0.29) is 24.2 Å². The first-order valence-corrected chi connectivity index (χ1v) is 12.3. The molecular formula is C27H24N2O5S. The average molecular weight is 489 g/mol. The zero-order valence-corrected chi connectivity index (χ0v) is 19.9. The highest BCUT2D eigenvalue weighted by Crippen LogP contribution is 2.26. The number of rotatable bonds is 7. The molecule has 2 amide bonds. The first-order chi connectivity index (χ1) is 17.1. The molecule has 1 N–H and O–H groups in total. The highest BCUT2D eigenvalue weighted by Gasteiger charge is 2.36. The second-order valence-electron chi connectivity index (χ2n) is 8.07. The van der Waals surface area contributed by atoms with Crippen molar-refractivity contribution in [3.8, 4) is 11.5 Å². The van der Waals surface area contributed by atoms with Crippen LogP contribution in [0.15, 0.2) is 83.3 Å². The lowest BCUT2D eigenvalue weighted by Crippen LogP contribution is -2.44. The van der Waals surface area contributed by atoms with Crippen LogP contribution in [0.25, 0.3) is 10.8 Å². The van der Waals surface area contributed by atoms with Gasteiger partial charge in [-0.25, -0.2) is 0 Å². The predicted octanol–water partition coefficient (Wildman–Crippen LogP) is 5.17. The minimum Gasteiger partial charge on any atom is -0.497 e. The number of methoxy groups -OCH3 is 1. The van der Waals surface area contributed by atoms with Crippen LogP contribution in [-0.2, 0) is 11.4 Å². The van der Waals surface area contributed by atoms with E-state index in [2.05, 4.69) is 5.32 Å². The Balaban J connectivity index is 1.21. The number of hydrogen-bond acceptors (Lipinski definition) is 6. The van der Waals surface area contributed by atoms with Gasteiger partial charge in [-0.2, -0.15) is 0 Å². The Morgan fingerprint density at radius 3 is 2.57 bits per heavy atom. The third-order valence-electron chi connectivity index (χ3n) is 5.78. The van der Waals surface area contributed by atoms with Crippen molar-refractivity contribution in [2.45, 2.75) is 12.6 Å². The molecule has 0 saturated carbocycles. The minimum absolute atomic E-state index is 0.187. The summed E-state index contributed by atoms with van der Waals surface area (Å²) in [7, 11) is 1.59. The van der Waals surface area contributed by atoms with E-state index in [1.807, 2.05) is 42.5 Å². The van der Waals surface area contributed by atoms with Gasteiger partial charge in [0.15, 0.2) is 5.76 Å². The molecule has 3 aromatic carbocycles. The topological polar surface area (TPSA) is 81.0 Å². The van der Waals surface area contributed by atoms with Crippen molar-refractivity contribution in [2.24, 2.45) is 0 Å². The number of carbonyl (C=O) groups is 2. The van der Waals surface area contributed by atoms with Crippen molar-refractivity contribution in [2.75, 3.05) is 24.1 Å². The van der Waals surface area contributed by atoms with Gasteiger partial charge >= 0.3 is 0 Å². The largest absolute Gasteiger partial charge is 0.497 e. The summed E-state index contributed by atoms with van der Waals surface area (Å²) in [6.07, 6.45) is 0. The molecule has 5 rings (SSSR count). The van der Waals surface area contributed by atoms with Gasteiger partial charge in [-0.3, -0.25) is 9.59 Å². The van der Waals surface area contributed by atoms with Crippen molar-refractivity contribution in [1.82, 2.24) is 4.90 Å². The summed E-state index contributed by atoms with van der Waals surface area (Å²) in [6.45, 7) is 0.196. The number of furan rings is 1. The molecular weight excluding hydrogens is 464 g/mol.